The minimum absolute atomic E-state index is 0.00848. The van der Waals surface area contributed by atoms with E-state index in [9.17, 15) is 19.1 Å². The molecule has 0 bridgehead atoms. The van der Waals surface area contributed by atoms with Crippen LogP contribution in [0.5, 0.6) is 0 Å². The van der Waals surface area contributed by atoms with E-state index in [1.54, 1.807) is 9.47 Å². The molecule has 126 valence electrons. The maximum atomic E-state index is 14.5. The van der Waals surface area contributed by atoms with Crippen molar-refractivity contribution in [3.8, 4) is 0 Å². The number of halogens is 1. The van der Waals surface area contributed by atoms with Crippen molar-refractivity contribution in [1.82, 2.24) is 9.55 Å². The summed E-state index contributed by atoms with van der Waals surface area (Å²) in [4.78, 5) is 29.8. The van der Waals surface area contributed by atoms with Gasteiger partial charge in [0.05, 0.1) is 5.39 Å². The van der Waals surface area contributed by atoms with Gasteiger partial charge in [-0.3, -0.25) is 4.79 Å². The first-order valence-corrected chi connectivity index (χ1v) is 7.95. The molecule has 4 rings (SSSR count). The van der Waals surface area contributed by atoms with E-state index in [2.05, 4.69) is 4.98 Å². The van der Waals surface area contributed by atoms with Crippen LogP contribution in [-0.4, -0.2) is 39.8 Å². The normalized spacial score (nSPS) is 20.8. The number of carboxylic acids is 1. The van der Waals surface area contributed by atoms with E-state index in [0.29, 0.717) is 13.1 Å². The maximum Gasteiger partial charge on any atom is 0.352 e. The first-order valence-electron chi connectivity index (χ1n) is 7.95. The average molecular weight is 332 g/mol. The Morgan fingerprint density at radius 1 is 1.33 bits per heavy atom. The van der Waals surface area contributed by atoms with Gasteiger partial charge < -0.3 is 20.3 Å². The molecule has 1 atom stereocenters. The average Bonchev–Trinajstić information content (AvgIpc) is 3.28. The van der Waals surface area contributed by atoms with Gasteiger partial charge in [-0.2, -0.15) is 0 Å². The maximum absolute atomic E-state index is 14.5. The predicted molar refractivity (Wildman–Crippen MR) is 86.0 cm³/mol. The molecule has 2 aromatic heterocycles. The quantitative estimate of drug-likeness (QED) is 0.873. The summed E-state index contributed by atoms with van der Waals surface area (Å²) in [6.07, 6.45) is 2.38. The topological polar surface area (TPSA) is 101 Å². The smallest absolute Gasteiger partial charge is 0.352 e. The number of carboxylic acid groups (broad SMARTS) is 1. The van der Waals surface area contributed by atoms with Gasteiger partial charge in [0.2, 0.25) is 0 Å². The number of aromatic nitrogens is 2. The third kappa shape index (κ3) is 2.34. The fourth-order valence-corrected chi connectivity index (χ4v) is 3.29. The van der Waals surface area contributed by atoms with Gasteiger partial charge >= 0.3 is 5.97 Å². The van der Waals surface area contributed by atoms with Crippen LogP contribution in [-0.2, 0) is 0 Å². The second-order valence-electron chi connectivity index (χ2n) is 6.46. The fourth-order valence-electron chi connectivity index (χ4n) is 3.29. The lowest BCUT2D eigenvalue weighted by Gasteiger charge is -2.20. The van der Waals surface area contributed by atoms with Crippen LogP contribution in [0.2, 0.25) is 0 Å². The molecule has 1 aliphatic carbocycles. The highest BCUT2D eigenvalue weighted by atomic mass is 19.1. The van der Waals surface area contributed by atoms with E-state index in [4.69, 9.17) is 5.73 Å². The number of aromatic carboxylic acids is 1. The van der Waals surface area contributed by atoms with Crippen LogP contribution in [0, 0.1) is 5.82 Å². The monoisotopic (exact) mass is 332 g/mol. The van der Waals surface area contributed by atoms with E-state index in [1.807, 2.05) is 0 Å². The van der Waals surface area contributed by atoms with Crippen LogP contribution in [0.15, 0.2) is 16.9 Å². The number of nitrogens with zero attached hydrogens (tertiary/aromatic N) is 3. The van der Waals surface area contributed by atoms with Gasteiger partial charge in [-0.1, -0.05) is 0 Å². The number of fused-ring (bicyclic) bond motifs is 1. The number of nitrogens with two attached hydrogens (primary N) is 1. The zero-order valence-corrected chi connectivity index (χ0v) is 12.9. The lowest BCUT2D eigenvalue weighted by atomic mass is 10.2. The van der Waals surface area contributed by atoms with Crippen molar-refractivity contribution in [2.24, 2.45) is 5.73 Å². The Morgan fingerprint density at radius 2 is 2.08 bits per heavy atom. The van der Waals surface area contributed by atoms with Gasteiger partial charge in [0.25, 0.3) is 0 Å². The first kappa shape index (κ1) is 15.1. The summed E-state index contributed by atoms with van der Waals surface area (Å²) >= 11 is 0. The summed E-state index contributed by atoms with van der Waals surface area (Å²) in [6, 6.07) is 2.16. The van der Waals surface area contributed by atoms with E-state index in [1.165, 1.54) is 0 Å². The minimum Gasteiger partial charge on any atom is -0.477 e. The number of hydrogen-bond donors (Lipinski definition) is 2. The van der Waals surface area contributed by atoms with Crippen molar-refractivity contribution in [3.05, 3.63) is 33.9 Å². The number of carbonyl (C=O) groups is 1. The number of anilines is 1. The van der Waals surface area contributed by atoms with E-state index in [0.717, 1.165) is 31.4 Å². The number of pyridine rings is 2. The lowest BCUT2D eigenvalue weighted by molar-refractivity contribution is 0.0684. The van der Waals surface area contributed by atoms with Crippen LogP contribution < -0.4 is 16.1 Å². The zero-order valence-electron chi connectivity index (χ0n) is 12.9. The van der Waals surface area contributed by atoms with Gasteiger partial charge in [-0.25, -0.2) is 14.2 Å². The second-order valence-corrected chi connectivity index (χ2v) is 6.46. The number of rotatable bonds is 3. The van der Waals surface area contributed by atoms with Crippen LogP contribution in [0.1, 0.15) is 35.8 Å². The zero-order chi connectivity index (χ0) is 17.0. The van der Waals surface area contributed by atoms with Crippen LogP contribution in [0.25, 0.3) is 11.0 Å². The van der Waals surface area contributed by atoms with Gasteiger partial charge in [0, 0.05) is 31.2 Å². The Kier molecular flexibility index (Phi) is 3.31. The van der Waals surface area contributed by atoms with E-state index >= 15 is 0 Å². The highest BCUT2D eigenvalue weighted by Crippen LogP contribution is 2.38. The molecular weight excluding hydrogens is 315 g/mol. The highest BCUT2D eigenvalue weighted by molar-refractivity contribution is 5.90. The molecule has 0 aromatic carbocycles. The van der Waals surface area contributed by atoms with Crippen molar-refractivity contribution in [1.29, 1.82) is 0 Å². The van der Waals surface area contributed by atoms with Crippen LogP contribution >= 0.6 is 0 Å². The van der Waals surface area contributed by atoms with Crippen LogP contribution in [0.4, 0.5) is 10.2 Å². The molecule has 3 heterocycles. The van der Waals surface area contributed by atoms with Crippen molar-refractivity contribution in [2.45, 2.75) is 31.3 Å². The molecule has 0 spiro atoms. The standard InChI is InChI=1S/C16H17FN4O3/c17-11-5-10-13(22)6-12(16(23)24)21(9-1-2-9)14(10)19-15(11)20-4-3-8(18)7-20/h5-6,8-9H,1-4,7,18H2,(H,23,24). The molecule has 2 aliphatic rings. The Bertz CT molecular complexity index is 906. The summed E-state index contributed by atoms with van der Waals surface area (Å²) in [5.41, 5.74) is 5.48. The molecule has 1 saturated heterocycles. The SMILES string of the molecule is NC1CCN(c2nc3c(cc2F)c(=O)cc(C(=O)O)n3C2CC2)C1. The summed E-state index contributed by atoms with van der Waals surface area (Å²) in [5.74, 6) is -1.64. The van der Waals surface area contributed by atoms with Gasteiger partial charge in [0.15, 0.2) is 17.1 Å². The van der Waals surface area contributed by atoms with Crippen LogP contribution in [0.3, 0.4) is 0 Å². The second kappa shape index (κ2) is 5.27. The molecule has 7 nitrogen and oxygen atoms in total. The Hall–Kier alpha value is -2.48. The molecular formula is C16H17FN4O3. The third-order valence-electron chi connectivity index (χ3n) is 4.61. The minimum atomic E-state index is -1.18. The van der Waals surface area contributed by atoms with E-state index in [-0.39, 0.29) is 34.6 Å². The molecule has 1 saturated carbocycles. The predicted octanol–water partition coefficient (Wildman–Crippen LogP) is 1.11. The molecule has 8 heteroatoms. The van der Waals surface area contributed by atoms with Crippen molar-refractivity contribution >= 4 is 22.8 Å². The fraction of sp³-hybridized carbons (Fsp3) is 0.438. The first-order chi connectivity index (χ1) is 11.5. The van der Waals surface area contributed by atoms with Gasteiger partial charge in [-0.15, -0.1) is 0 Å². The van der Waals surface area contributed by atoms with Crippen molar-refractivity contribution in [3.63, 3.8) is 0 Å². The molecule has 1 aliphatic heterocycles. The molecule has 0 amide bonds. The Balaban J connectivity index is 1.98. The van der Waals surface area contributed by atoms with Gasteiger partial charge in [0.1, 0.15) is 11.3 Å². The van der Waals surface area contributed by atoms with Crippen molar-refractivity contribution in [2.75, 3.05) is 18.0 Å². The summed E-state index contributed by atoms with van der Waals surface area (Å²) in [6.45, 7) is 1.07. The van der Waals surface area contributed by atoms with Gasteiger partial charge in [-0.05, 0) is 25.3 Å². The third-order valence-corrected chi connectivity index (χ3v) is 4.61. The molecule has 1 unspecified atom stereocenters. The van der Waals surface area contributed by atoms with Crippen molar-refractivity contribution < 1.29 is 14.3 Å². The molecule has 24 heavy (non-hydrogen) atoms. The largest absolute Gasteiger partial charge is 0.477 e. The molecule has 3 N–H and O–H groups in total. The summed E-state index contributed by atoms with van der Waals surface area (Å²) in [7, 11) is 0. The molecule has 2 fully saturated rings. The lowest BCUT2D eigenvalue weighted by Crippen LogP contribution is -2.28. The number of hydrogen-bond acceptors (Lipinski definition) is 5. The highest BCUT2D eigenvalue weighted by Gasteiger charge is 2.31. The Morgan fingerprint density at radius 3 is 2.67 bits per heavy atom. The molecule has 0 radical (unpaired) electrons. The molecule has 2 aromatic rings. The van der Waals surface area contributed by atoms with E-state index < -0.39 is 17.2 Å². The summed E-state index contributed by atoms with van der Waals surface area (Å²) in [5, 5.41) is 9.52. The Labute approximate surface area is 136 Å². The summed E-state index contributed by atoms with van der Waals surface area (Å²) < 4.78 is 16.0.